The minimum Gasteiger partial charge on any atom is -0.392 e. The maximum absolute atomic E-state index is 13.4. The number of hydrogen-bond donors (Lipinski definition) is 8. The number of benzene rings is 1. The van der Waals surface area contributed by atoms with E-state index >= 15 is 0 Å². The predicted octanol–water partition coefficient (Wildman–Crippen LogP) is -2.13. The summed E-state index contributed by atoms with van der Waals surface area (Å²) in [5, 5.41) is 30.5. The van der Waals surface area contributed by atoms with E-state index < -0.39 is 48.2 Å². The highest BCUT2D eigenvalue weighted by atomic mass is 31.0. The number of nitrogens with zero attached hydrogens (tertiary/aromatic N) is 3. The van der Waals surface area contributed by atoms with E-state index in [1.165, 1.54) is 29.1 Å². The van der Waals surface area contributed by atoms with Gasteiger partial charge in [-0.15, -0.1) is 5.10 Å². The molecule has 1 aromatic carbocycles. The molecule has 17 nitrogen and oxygen atoms in total. The van der Waals surface area contributed by atoms with Crippen LogP contribution in [-0.4, -0.2) is 86.9 Å². The van der Waals surface area contributed by atoms with Crippen LogP contribution in [0.15, 0.2) is 24.4 Å². The van der Waals surface area contributed by atoms with Gasteiger partial charge < -0.3 is 43.2 Å². The summed E-state index contributed by atoms with van der Waals surface area (Å²) < 4.78 is 1.33. The number of hydrogen-bond acceptors (Lipinski definition) is 11. The molecule has 1 unspecified atom stereocenters. The van der Waals surface area contributed by atoms with Gasteiger partial charge in [-0.25, -0.2) is 4.68 Å². The van der Waals surface area contributed by atoms with Gasteiger partial charge in [0.05, 0.1) is 32.4 Å². The van der Waals surface area contributed by atoms with E-state index in [2.05, 4.69) is 36.9 Å². The highest BCUT2D eigenvalue weighted by Crippen LogP contribution is 2.18. The molecule has 2 aromatic rings. The molecule has 0 aliphatic rings. The lowest BCUT2D eigenvalue weighted by atomic mass is 10.0. The average Bonchev–Trinajstić information content (AvgIpc) is 3.46. The molecule has 1 heterocycles. The van der Waals surface area contributed by atoms with Crippen molar-refractivity contribution in [1.82, 2.24) is 36.3 Å². The van der Waals surface area contributed by atoms with Crippen LogP contribution in [0.1, 0.15) is 54.7 Å². The Kier molecular flexibility index (Phi) is 15.9. The Balaban J connectivity index is 2.15. The summed E-state index contributed by atoms with van der Waals surface area (Å²) in [4.78, 5) is 74.6. The van der Waals surface area contributed by atoms with Crippen LogP contribution in [0, 0.1) is 5.92 Å². The van der Waals surface area contributed by atoms with Gasteiger partial charge in [-0.2, -0.15) is 0 Å². The van der Waals surface area contributed by atoms with E-state index in [-0.39, 0.29) is 55.3 Å². The Morgan fingerprint density at radius 1 is 1.00 bits per heavy atom. The van der Waals surface area contributed by atoms with E-state index in [0.29, 0.717) is 30.6 Å². The maximum atomic E-state index is 13.4. The van der Waals surface area contributed by atoms with Crippen LogP contribution in [0.4, 0.5) is 5.69 Å². The Hall–Kier alpha value is -4.31. The van der Waals surface area contributed by atoms with Gasteiger partial charge in [0.2, 0.25) is 23.6 Å². The first-order valence-electron chi connectivity index (χ1n) is 14.6. The van der Waals surface area contributed by atoms with Crippen molar-refractivity contribution in [3.63, 3.8) is 0 Å². The van der Waals surface area contributed by atoms with Crippen molar-refractivity contribution in [2.45, 2.75) is 64.9 Å². The molecule has 46 heavy (non-hydrogen) atoms. The van der Waals surface area contributed by atoms with Gasteiger partial charge in [-0.3, -0.25) is 28.8 Å². The van der Waals surface area contributed by atoms with E-state index in [0.717, 1.165) is 0 Å². The number of nitrogens with two attached hydrogens (primary N) is 2. The van der Waals surface area contributed by atoms with Crippen molar-refractivity contribution in [3.8, 4) is 0 Å². The molecule has 2 rings (SSSR count). The molecule has 252 valence electrons. The van der Waals surface area contributed by atoms with E-state index in [1.54, 1.807) is 13.8 Å². The number of anilines is 1. The molecule has 18 heteroatoms. The third-order valence-electron chi connectivity index (χ3n) is 6.60. The Bertz CT molecular complexity index is 1380. The van der Waals surface area contributed by atoms with Crippen molar-refractivity contribution in [2.24, 2.45) is 17.4 Å². The number of rotatable bonds is 19. The molecule has 0 aliphatic heterocycles. The minimum atomic E-state index is -1.01. The highest BCUT2D eigenvalue weighted by molar-refractivity contribution is 7.39. The summed E-state index contributed by atoms with van der Waals surface area (Å²) in [5.74, 6) is -3.21. The van der Waals surface area contributed by atoms with Crippen molar-refractivity contribution < 1.29 is 33.9 Å². The van der Waals surface area contributed by atoms with Crippen LogP contribution in [0.3, 0.4) is 0 Å². The van der Waals surface area contributed by atoms with Gasteiger partial charge >= 0.3 is 0 Å². The summed E-state index contributed by atoms with van der Waals surface area (Å²) in [7, 11) is 2.04. The first kappa shape index (κ1) is 37.9. The number of carbonyl (C=O) groups excluding carboxylic acids is 6. The molecule has 0 radical (unpaired) electrons. The van der Waals surface area contributed by atoms with Gasteiger partial charge in [0, 0.05) is 11.3 Å². The molecule has 0 spiro atoms. The first-order valence-corrected chi connectivity index (χ1v) is 15.2. The molecule has 0 fully saturated rings. The van der Waals surface area contributed by atoms with Crippen molar-refractivity contribution in [2.75, 3.05) is 25.0 Å². The van der Waals surface area contributed by atoms with Crippen molar-refractivity contribution in [1.29, 1.82) is 0 Å². The predicted molar refractivity (Wildman–Crippen MR) is 171 cm³/mol. The van der Waals surface area contributed by atoms with Crippen LogP contribution in [0.25, 0.3) is 0 Å². The van der Waals surface area contributed by atoms with Crippen molar-refractivity contribution in [3.05, 3.63) is 41.2 Å². The molecule has 0 bridgehead atoms. The molecule has 3 atom stereocenters. The second-order valence-corrected chi connectivity index (χ2v) is 11.3. The van der Waals surface area contributed by atoms with Gasteiger partial charge in [0.25, 0.3) is 5.91 Å². The fourth-order valence-corrected chi connectivity index (χ4v) is 4.38. The normalized spacial score (nSPS) is 12.2. The Morgan fingerprint density at radius 2 is 1.74 bits per heavy atom. The Labute approximate surface area is 268 Å². The lowest BCUT2D eigenvalue weighted by Gasteiger charge is -2.25. The van der Waals surface area contributed by atoms with Crippen LogP contribution in [-0.2, 0) is 43.7 Å². The number of carbonyl (C=O) groups is 6. The smallest absolute Gasteiger partial charge is 0.252 e. The highest BCUT2D eigenvalue weighted by Gasteiger charge is 2.29. The maximum Gasteiger partial charge on any atom is 0.252 e. The number of amides is 5. The summed E-state index contributed by atoms with van der Waals surface area (Å²) >= 11 is 0. The second kappa shape index (κ2) is 19.3. The summed E-state index contributed by atoms with van der Waals surface area (Å²) in [5.41, 5.74) is 11.7. The third-order valence-corrected chi connectivity index (χ3v) is 6.79. The average molecular weight is 663 g/mol. The molecule has 5 amide bonds. The van der Waals surface area contributed by atoms with Gasteiger partial charge in [0.1, 0.15) is 24.3 Å². The fourth-order valence-electron chi connectivity index (χ4n) is 4.19. The van der Waals surface area contributed by atoms with Gasteiger partial charge in [0.15, 0.2) is 5.52 Å². The minimum absolute atomic E-state index is 0.00642. The molecule has 1 aromatic heterocycles. The third kappa shape index (κ3) is 12.6. The number of unbranched alkanes of at least 4 members (excludes halogenated alkanes) is 1. The number of nitrogens with one attached hydrogen (secondary N) is 5. The van der Waals surface area contributed by atoms with Crippen LogP contribution < -0.4 is 38.1 Å². The largest absolute Gasteiger partial charge is 0.392 e. The van der Waals surface area contributed by atoms with E-state index in [1.807, 2.05) is 9.24 Å². The monoisotopic (exact) mass is 662 g/mol. The summed E-state index contributed by atoms with van der Waals surface area (Å²) in [6.07, 6.45) is 2.87. The zero-order valence-corrected chi connectivity index (χ0v) is 27.0. The molecule has 0 aliphatic carbocycles. The molecule has 0 saturated carbocycles. The topological polar surface area (TPSA) is 266 Å². The number of aliphatic hydroxyl groups is 1. The lowest BCUT2D eigenvalue weighted by Crippen LogP contribution is -2.55. The van der Waals surface area contributed by atoms with Gasteiger partial charge in [-0.05, 0) is 49.4 Å². The lowest BCUT2D eigenvalue weighted by molar-refractivity contribution is -0.132. The molecular weight excluding hydrogens is 619 g/mol. The number of aromatic nitrogens is 3. The Morgan fingerprint density at radius 3 is 2.37 bits per heavy atom. The number of aliphatic hydroxyl groups excluding tert-OH is 1. The zero-order valence-electron chi connectivity index (χ0n) is 25.9. The molecular formula is C28H43N10O7P. The fraction of sp³-hybridized carbons (Fsp3) is 0.500. The van der Waals surface area contributed by atoms with Crippen LogP contribution in [0.2, 0.25) is 0 Å². The van der Waals surface area contributed by atoms with E-state index in [4.69, 9.17) is 11.5 Å². The SMILES string of the molecule is CC(C)[C@H](NC(=O)CNC(=O)CN)C(=O)N[C@@H](CCCCN)C(=O)Nc1ccc(CO)c(C(=O)NCc2cn(CC(=O)P)nn2)c1. The standard InChI is InChI=1S/C28H43N10O7P/c1-16(2)25(35-23(41)12-31-22(40)10-30)28(45)34-21(5-3-4-8-29)27(44)33-18-7-6-17(15-39)20(9-18)26(43)32-11-19-13-38(37-36-19)14-24(42)46/h6-7,9,13,16,21,25,39H,3-5,8,10-12,14-15,29-30,46H2,1-2H3,(H,31,40)(H,32,43)(H,33,44)(H,34,45)(H,35,41)/t21-,25-/m0/s1. The van der Waals surface area contributed by atoms with Crippen molar-refractivity contribution >= 4 is 50.0 Å². The zero-order chi connectivity index (χ0) is 34.2. The molecule has 10 N–H and O–H groups in total. The summed E-state index contributed by atoms with van der Waals surface area (Å²) in [6.45, 7) is 2.72. The van der Waals surface area contributed by atoms with Crippen LogP contribution in [0.5, 0.6) is 0 Å². The van der Waals surface area contributed by atoms with Gasteiger partial charge in [-0.1, -0.05) is 34.4 Å². The van der Waals surface area contributed by atoms with Crippen LogP contribution >= 0.6 is 9.24 Å². The first-order chi connectivity index (χ1) is 21.9. The quantitative estimate of drug-likeness (QED) is 0.0595. The van der Waals surface area contributed by atoms with E-state index in [9.17, 15) is 33.9 Å². The molecule has 0 saturated heterocycles. The summed E-state index contributed by atoms with van der Waals surface area (Å²) in [6, 6.07) is 2.38. The second-order valence-electron chi connectivity index (χ2n) is 10.7.